The molecule has 5 aromatic rings. The minimum absolute atomic E-state index is 0.530. The third kappa shape index (κ3) is 2.78. The van der Waals surface area contributed by atoms with Crippen molar-refractivity contribution < 1.29 is 1.37 Å². The van der Waals surface area contributed by atoms with E-state index in [1.807, 2.05) is 24.3 Å². The van der Waals surface area contributed by atoms with Crippen LogP contribution >= 0.6 is 11.3 Å². The molecule has 0 aliphatic carbocycles. The summed E-state index contributed by atoms with van der Waals surface area (Å²) in [6.07, 6.45) is 3.96. The van der Waals surface area contributed by atoms with E-state index in [0.29, 0.717) is 12.0 Å². The fourth-order valence-electron chi connectivity index (χ4n) is 4.07. The fourth-order valence-corrected chi connectivity index (χ4v) is 5.28. The van der Waals surface area contributed by atoms with E-state index < -0.39 is 0 Å². The molecule has 0 radical (unpaired) electrons. The van der Waals surface area contributed by atoms with Crippen LogP contribution in [0.2, 0.25) is 0 Å². The number of thiophene rings is 1. The second kappa shape index (κ2) is 6.99. The Bertz CT molecular complexity index is 1350. The first-order valence-electron chi connectivity index (χ1n) is 10.4. The smallest absolute Gasteiger partial charge is 0.116 e. The van der Waals surface area contributed by atoms with Crippen LogP contribution < -0.4 is 0 Å². The maximum Gasteiger partial charge on any atom is 0.116 e. The highest BCUT2D eigenvalue weighted by Crippen LogP contribution is 2.39. The van der Waals surface area contributed by atoms with Crippen molar-refractivity contribution in [2.24, 2.45) is 0 Å². The minimum Gasteiger partial charge on any atom is -0.235 e. The highest BCUT2D eigenvalue weighted by molar-refractivity contribution is 7.26. The van der Waals surface area contributed by atoms with Crippen molar-refractivity contribution in [1.82, 2.24) is 9.97 Å². The summed E-state index contributed by atoms with van der Waals surface area (Å²) in [7, 11) is 0. The van der Waals surface area contributed by atoms with E-state index in [2.05, 4.69) is 54.1 Å². The van der Waals surface area contributed by atoms with Crippen LogP contribution in [-0.4, -0.2) is 9.97 Å². The van der Waals surface area contributed by atoms with Gasteiger partial charge >= 0.3 is 0 Å². The Morgan fingerprint density at radius 3 is 2.61 bits per heavy atom. The van der Waals surface area contributed by atoms with Crippen molar-refractivity contribution >= 4 is 42.4 Å². The first-order chi connectivity index (χ1) is 14.2. The Kier molecular flexibility index (Phi) is 4.04. The summed E-state index contributed by atoms with van der Waals surface area (Å²) in [6.45, 7) is 4.51. The number of benzene rings is 3. The third-order valence-electron chi connectivity index (χ3n) is 5.66. The van der Waals surface area contributed by atoms with Gasteiger partial charge in [-0.3, -0.25) is 0 Å². The Balaban J connectivity index is 1.74. The van der Waals surface area contributed by atoms with Crippen molar-refractivity contribution in [2.45, 2.75) is 32.6 Å². The van der Waals surface area contributed by atoms with E-state index in [0.717, 1.165) is 45.1 Å². The van der Waals surface area contributed by atoms with Gasteiger partial charge in [0, 0.05) is 15.6 Å². The molecule has 0 unspecified atom stereocenters. The summed E-state index contributed by atoms with van der Waals surface area (Å²) in [5.74, 6) is 0.599. The van der Waals surface area contributed by atoms with Crippen LogP contribution in [0.15, 0.2) is 67.0 Å². The molecule has 2 nitrogen and oxygen atoms in total. The van der Waals surface area contributed by atoms with Crippen LogP contribution in [-0.2, 0) is 0 Å². The summed E-state index contributed by atoms with van der Waals surface area (Å²) in [5, 5.41) is 3.22. The highest BCUT2D eigenvalue weighted by atomic mass is 32.1. The van der Waals surface area contributed by atoms with Crippen LogP contribution in [0, 0.1) is 0 Å². The molecule has 28 heavy (non-hydrogen) atoms. The number of hydrogen-bond donors (Lipinski definition) is 0. The molecule has 0 saturated heterocycles. The van der Waals surface area contributed by atoms with Crippen LogP contribution in [0.25, 0.3) is 42.3 Å². The van der Waals surface area contributed by atoms with Gasteiger partial charge in [-0.15, -0.1) is 11.3 Å². The van der Waals surface area contributed by atoms with Crippen molar-refractivity contribution in [3.8, 4) is 11.3 Å². The number of hydrogen-bond acceptors (Lipinski definition) is 3. The summed E-state index contributed by atoms with van der Waals surface area (Å²) >= 11 is 1.76. The zero-order chi connectivity index (χ0) is 20.0. The maximum absolute atomic E-state index is 8.45. The average Bonchev–Trinajstić information content (AvgIpc) is 3.12. The molecule has 0 amide bonds. The normalized spacial score (nSPS) is 12.3. The van der Waals surface area contributed by atoms with Crippen LogP contribution in [0.5, 0.6) is 0 Å². The molecule has 3 heteroatoms. The van der Waals surface area contributed by atoms with Gasteiger partial charge in [0.2, 0.25) is 0 Å². The highest BCUT2D eigenvalue weighted by Gasteiger charge is 2.15. The topological polar surface area (TPSA) is 25.8 Å². The van der Waals surface area contributed by atoms with E-state index >= 15 is 0 Å². The molecule has 3 aromatic carbocycles. The summed E-state index contributed by atoms with van der Waals surface area (Å²) in [4.78, 5) is 9.23. The molecular weight excluding hydrogens is 360 g/mol. The van der Waals surface area contributed by atoms with E-state index in [9.17, 15) is 0 Å². The lowest BCUT2D eigenvalue weighted by atomic mass is 9.93. The molecule has 0 N–H and O–H groups in total. The maximum atomic E-state index is 8.45. The van der Waals surface area contributed by atoms with Gasteiger partial charge in [0.25, 0.3) is 0 Å². The quantitative estimate of drug-likeness (QED) is 0.320. The summed E-state index contributed by atoms with van der Waals surface area (Å²) in [6, 6.07) is 19.4. The second-order valence-electron chi connectivity index (χ2n) is 7.25. The molecule has 0 aliphatic rings. The largest absolute Gasteiger partial charge is 0.235 e. The van der Waals surface area contributed by atoms with E-state index in [4.69, 9.17) is 1.37 Å². The standard InChI is InChI=1S/C25H22N2S/c1-3-16(4-2)19-11-12-21-22(14-19)28-25-23(26-15-27-24(21)25)20-10-9-17-7-5-6-8-18(17)13-20/h5-16H,3-4H2,1-2H3/i9D. The van der Waals surface area contributed by atoms with Gasteiger partial charge in [-0.25, -0.2) is 9.97 Å². The Hall–Kier alpha value is -2.78. The minimum atomic E-state index is 0.530. The Morgan fingerprint density at radius 1 is 0.964 bits per heavy atom. The number of fused-ring (bicyclic) bond motifs is 4. The van der Waals surface area contributed by atoms with Gasteiger partial charge in [-0.1, -0.05) is 62.4 Å². The summed E-state index contributed by atoms with van der Waals surface area (Å²) in [5.41, 5.74) is 4.31. The predicted molar refractivity (Wildman–Crippen MR) is 121 cm³/mol. The SMILES string of the molecule is [2H]c1cc(-c2ncnc3c2sc2cc(C(CC)CC)ccc23)cc2ccccc12. The molecule has 0 bridgehead atoms. The lowest BCUT2D eigenvalue weighted by Gasteiger charge is -2.12. The van der Waals surface area contributed by atoms with Crippen molar-refractivity contribution in [2.75, 3.05) is 0 Å². The number of aromatic nitrogens is 2. The zero-order valence-corrected chi connectivity index (χ0v) is 16.9. The van der Waals surface area contributed by atoms with Gasteiger partial charge < -0.3 is 0 Å². The molecule has 2 heterocycles. The molecule has 0 spiro atoms. The van der Waals surface area contributed by atoms with Crippen molar-refractivity contribution in [3.63, 3.8) is 0 Å². The molecule has 0 aliphatic heterocycles. The van der Waals surface area contributed by atoms with E-state index in [1.54, 1.807) is 17.7 Å². The first kappa shape index (κ1) is 16.2. The van der Waals surface area contributed by atoms with E-state index in [1.165, 1.54) is 15.6 Å². The fraction of sp³-hybridized carbons (Fsp3) is 0.200. The molecule has 0 atom stereocenters. The number of nitrogens with zero attached hydrogens (tertiary/aromatic N) is 2. The molecule has 2 aromatic heterocycles. The summed E-state index contributed by atoms with van der Waals surface area (Å²) < 4.78 is 10.8. The van der Waals surface area contributed by atoms with Gasteiger partial charge in [-0.05, 0) is 47.2 Å². The Morgan fingerprint density at radius 2 is 1.79 bits per heavy atom. The van der Waals surface area contributed by atoms with Gasteiger partial charge in [-0.2, -0.15) is 0 Å². The van der Waals surface area contributed by atoms with Gasteiger partial charge in [0.15, 0.2) is 0 Å². The lowest BCUT2D eigenvalue weighted by molar-refractivity contribution is 0.643. The van der Waals surface area contributed by atoms with Crippen LogP contribution in [0.3, 0.4) is 0 Å². The van der Waals surface area contributed by atoms with Crippen molar-refractivity contribution in [3.05, 3.63) is 72.5 Å². The van der Waals surface area contributed by atoms with Crippen LogP contribution in [0.4, 0.5) is 0 Å². The van der Waals surface area contributed by atoms with Crippen molar-refractivity contribution in [1.29, 1.82) is 0 Å². The predicted octanol–water partition coefficient (Wildman–Crippen LogP) is 7.57. The molecule has 5 rings (SSSR count). The Labute approximate surface area is 170 Å². The number of rotatable bonds is 4. The van der Waals surface area contributed by atoms with E-state index in [-0.39, 0.29) is 0 Å². The molecular formula is C25H22N2S. The van der Waals surface area contributed by atoms with Gasteiger partial charge in [0.1, 0.15) is 6.33 Å². The molecule has 138 valence electrons. The van der Waals surface area contributed by atoms with Crippen LogP contribution in [0.1, 0.15) is 39.5 Å². The third-order valence-corrected chi connectivity index (χ3v) is 6.81. The second-order valence-corrected chi connectivity index (χ2v) is 8.30. The lowest BCUT2D eigenvalue weighted by Crippen LogP contribution is -1.94. The molecule has 0 fully saturated rings. The van der Waals surface area contributed by atoms with Gasteiger partial charge in [0.05, 0.1) is 17.3 Å². The molecule has 0 saturated carbocycles. The zero-order valence-electron chi connectivity index (χ0n) is 17.1. The average molecular weight is 384 g/mol. The first-order valence-corrected chi connectivity index (χ1v) is 10.7. The monoisotopic (exact) mass is 383 g/mol.